The van der Waals surface area contributed by atoms with Crippen LogP contribution in [0.3, 0.4) is 0 Å². The summed E-state index contributed by atoms with van der Waals surface area (Å²) in [5.41, 5.74) is -1.50. The van der Waals surface area contributed by atoms with E-state index >= 15 is 0 Å². The number of rotatable bonds is 3. The maximum atomic E-state index is 13.9. The second-order valence-corrected chi connectivity index (χ2v) is 4.61. The summed E-state index contributed by atoms with van der Waals surface area (Å²) in [4.78, 5) is 11.5. The van der Waals surface area contributed by atoms with Gasteiger partial charge in [-0.2, -0.15) is 13.2 Å². The van der Waals surface area contributed by atoms with E-state index in [1.807, 2.05) is 0 Å². The number of carbonyl (C=O) groups excluding carboxylic acids is 1. The molecular formula is C16H11F5O2. The third-order valence-electron chi connectivity index (χ3n) is 3.07. The Morgan fingerprint density at radius 3 is 1.96 bits per heavy atom. The zero-order valence-electron chi connectivity index (χ0n) is 11.9. The second kappa shape index (κ2) is 6.36. The molecule has 0 heterocycles. The van der Waals surface area contributed by atoms with Gasteiger partial charge < -0.3 is 4.74 Å². The summed E-state index contributed by atoms with van der Waals surface area (Å²) in [6.45, 7) is 1.45. The van der Waals surface area contributed by atoms with Crippen LogP contribution in [-0.2, 0) is 10.9 Å². The molecule has 2 rings (SSSR count). The molecule has 0 aliphatic heterocycles. The molecule has 0 saturated carbocycles. The first-order valence-corrected chi connectivity index (χ1v) is 6.58. The molecule has 0 unspecified atom stereocenters. The summed E-state index contributed by atoms with van der Waals surface area (Å²) >= 11 is 0. The minimum atomic E-state index is -4.50. The lowest BCUT2D eigenvalue weighted by atomic mass is 10.0. The number of carbonyl (C=O) groups is 1. The van der Waals surface area contributed by atoms with E-state index in [1.165, 1.54) is 6.92 Å². The molecule has 0 amide bonds. The van der Waals surface area contributed by atoms with Gasteiger partial charge in [0.15, 0.2) is 0 Å². The number of ether oxygens (including phenoxy) is 1. The van der Waals surface area contributed by atoms with Gasteiger partial charge in [0.2, 0.25) is 0 Å². The van der Waals surface area contributed by atoms with E-state index in [-0.39, 0.29) is 17.7 Å². The SMILES string of the molecule is CCOC(=O)c1c(F)cc(-c2ccc(C(F)(F)F)cc2)cc1F. The van der Waals surface area contributed by atoms with Crippen LogP contribution in [0.1, 0.15) is 22.8 Å². The number of alkyl halides is 3. The summed E-state index contributed by atoms with van der Waals surface area (Å²) in [6.07, 6.45) is -4.50. The lowest BCUT2D eigenvalue weighted by Crippen LogP contribution is -2.10. The fraction of sp³-hybridized carbons (Fsp3) is 0.188. The molecule has 2 aromatic rings. The highest BCUT2D eigenvalue weighted by atomic mass is 19.4. The number of halogens is 5. The Balaban J connectivity index is 2.40. The Morgan fingerprint density at radius 2 is 1.52 bits per heavy atom. The topological polar surface area (TPSA) is 26.3 Å². The quantitative estimate of drug-likeness (QED) is 0.595. The van der Waals surface area contributed by atoms with E-state index in [0.29, 0.717) is 0 Å². The Hall–Kier alpha value is -2.44. The van der Waals surface area contributed by atoms with Crippen LogP contribution in [0.5, 0.6) is 0 Å². The second-order valence-electron chi connectivity index (χ2n) is 4.61. The molecule has 0 aliphatic carbocycles. The first-order valence-electron chi connectivity index (χ1n) is 6.58. The van der Waals surface area contributed by atoms with Crippen molar-refractivity contribution in [2.24, 2.45) is 0 Å². The minimum absolute atomic E-state index is 0.0155. The van der Waals surface area contributed by atoms with Crippen molar-refractivity contribution in [2.75, 3.05) is 6.61 Å². The van der Waals surface area contributed by atoms with Crippen LogP contribution >= 0.6 is 0 Å². The minimum Gasteiger partial charge on any atom is -0.462 e. The van der Waals surface area contributed by atoms with Gasteiger partial charge >= 0.3 is 12.1 Å². The molecule has 7 heteroatoms. The summed E-state index contributed by atoms with van der Waals surface area (Å²) in [5.74, 6) is -3.42. The number of hydrogen-bond donors (Lipinski definition) is 0. The van der Waals surface area contributed by atoms with Crippen molar-refractivity contribution in [1.29, 1.82) is 0 Å². The zero-order valence-corrected chi connectivity index (χ0v) is 11.9. The number of hydrogen-bond acceptors (Lipinski definition) is 2. The van der Waals surface area contributed by atoms with Crippen molar-refractivity contribution in [2.45, 2.75) is 13.1 Å². The Kier molecular flexibility index (Phi) is 4.68. The lowest BCUT2D eigenvalue weighted by molar-refractivity contribution is -0.137. The molecule has 122 valence electrons. The van der Waals surface area contributed by atoms with Crippen LogP contribution in [0.25, 0.3) is 11.1 Å². The van der Waals surface area contributed by atoms with Crippen molar-refractivity contribution >= 4 is 5.97 Å². The van der Waals surface area contributed by atoms with Gasteiger partial charge in [-0.1, -0.05) is 12.1 Å². The monoisotopic (exact) mass is 330 g/mol. The molecule has 0 bridgehead atoms. The van der Waals surface area contributed by atoms with E-state index in [2.05, 4.69) is 4.74 Å². The molecule has 0 fully saturated rings. The van der Waals surface area contributed by atoms with E-state index in [9.17, 15) is 26.7 Å². The molecule has 0 aliphatic rings. The largest absolute Gasteiger partial charge is 0.462 e. The third-order valence-corrected chi connectivity index (χ3v) is 3.07. The van der Waals surface area contributed by atoms with Crippen LogP contribution < -0.4 is 0 Å². The summed E-state index contributed by atoms with van der Waals surface area (Å²) in [7, 11) is 0. The normalized spacial score (nSPS) is 11.4. The summed E-state index contributed by atoms with van der Waals surface area (Å²) in [6, 6.07) is 5.56. The van der Waals surface area contributed by atoms with Gasteiger partial charge in [-0.25, -0.2) is 13.6 Å². The van der Waals surface area contributed by atoms with Gasteiger partial charge in [0.25, 0.3) is 0 Å². The highest BCUT2D eigenvalue weighted by molar-refractivity contribution is 5.90. The maximum Gasteiger partial charge on any atom is 0.416 e. The van der Waals surface area contributed by atoms with Crippen LogP contribution in [-0.4, -0.2) is 12.6 Å². The molecule has 2 aromatic carbocycles. The highest BCUT2D eigenvalue weighted by Gasteiger charge is 2.30. The number of benzene rings is 2. The molecule has 0 radical (unpaired) electrons. The fourth-order valence-electron chi connectivity index (χ4n) is 1.99. The van der Waals surface area contributed by atoms with Gasteiger partial charge in [0.1, 0.15) is 17.2 Å². The molecule has 2 nitrogen and oxygen atoms in total. The molecule has 0 atom stereocenters. The van der Waals surface area contributed by atoms with Crippen LogP contribution in [0.4, 0.5) is 22.0 Å². The smallest absolute Gasteiger partial charge is 0.416 e. The predicted octanol–water partition coefficient (Wildman–Crippen LogP) is 4.83. The van der Waals surface area contributed by atoms with Crippen molar-refractivity contribution in [3.63, 3.8) is 0 Å². The van der Waals surface area contributed by atoms with Crippen molar-refractivity contribution in [3.8, 4) is 11.1 Å². The lowest BCUT2D eigenvalue weighted by Gasteiger charge is -2.10. The fourth-order valence-corrected chi connectivity index (χ4v) is 1.99. The summed E-state index contributed by atoms with van der Waals surface area (Å²) < 4.78 is 69.9. The summed E-state index contributed by atoms with van der Waals surface area (Å²) in [5, 5.41) is 0. The molecule has 0 aromatic heterocycles. The average molecular weight is 330 g/mol. The van der Waals surface area contributed by atoms with E-state index in [1.54, 1.807) is 0 Å². The average Bonchev–Trinajstić information content (AvgIpc) is 2.46. The Bertz CT molecular complexity index is 697. The molecule has 0 N–H and O–H groups in total. The van der Waals surface area contributed by atoms with Crippen LogP contribution in [0.2, 0.25) is 0 Å². The molecule has 0 spiro atoms. The van der Waals surface area contributed by atoms with E-state index in [4.69, 9.17) is 0 Å². The van der Waals surface area contributed by atoms with Gasteiger partial charge in [-0.05, 0) is 42.3 Å². The predicted molar refractivity (Wildman–Crippen MR) is 72.8 cm³/mol. The third kappa shape index (κ3) is 3.67. The Labute approximate surface area is 128 Å². The van der Waals surface area contributed by atoms with Crippen LogP contribution in [0, 0.1) is 11.6 Å². The first kappa shape index (κ1) is 16.9. The van der Waals surface area contributed by atoms with Crippen LogP contribution in [0.15, 0.2) is 36.4 Å². The highest BCUT2D eigenvalue weighted by Crippen LogP contribution is 2.31. The van der Waals surface area contributed by atoms with Crippen molar-refractivity contribution in [1.82, 2.24) is 0 Å². The molecular weight excluding hydrogens is 319 g/mol. The first-order chi connectivity index (χ1) is 10.7. The standard InChI is InChI=1S/C16H11F5O2/c1-2-23-15(22)14-12(17)7-10(8-13(14)18)9-3-5-11(6-4-9)16(19,20)21/h3-8H,2H2,1H3. The number of esters is 1. The van der Waals surface area contributed by atoms with Crippen molar-refractivity contribution < 1.29 is 31.5 Å². The molecule has 23 heavy (non-hydrogen) atoms. The van der Waals surface area contributed by atoms with Gasteiger partial charge in [-0.3, -0.25) is 0 Å². The van der Waals surface area contributed by atoms with Gasteiger partial charge in [0.05, 0.1) is 12.2 Å². The van der Waals surface area contributed by atoms with Crippen molar-refractivity contribution in [3.05, 3.63) is 59.2 Å². The molecule has 0 saturated heterocycles. The maximum absolute atomic E-state index is 13.9. The van der Waals surface area contributed by atoms with E-state index in [0.717, 1.165) is 36.4 Å². The van der Waals surface area contributed by atoms with Gasteiger partial charge in [-0.15, -0.1) is 0 Å². The Morgan fingerprint density at radius 1 is 1.00 bits per heavy atom. The van der Waals surface area contributed by atoms with E-state index < -0.39 is 34.9 Å². The van der Waals surface area contributed by atoms with Gasteiger partial charge in [0, 0.05) is 0 Å². The zero-order chi connectivity index (χ0) is 17.2.